The molecule has 17 heavy (non-hydrogen) atoms. The van der Waals surface area contributed by atoms with Gasteiger partial charge in [0.2, 0.25) is 0 Å². The Kier molecular flexibility index (Phi) is 2.21. The average Bonchev–Trinajstić information content (AvgIpc) is 2.65. The number of halogens is 3. The first-order valence-electron chi connectivity index (χ1n) is 5.76. The molecule has 0 bridgehead atoms. The molecule has 0 aliphatic heterocycles. The van der Waals surface area contributed by atoms with Gasteiger partial charge in [0.15, 0.2) is 0 Å². The van der Waals surface area contributed by atoms with Gasteiger partial charge in [-0.25, -0.2) is 0 Å². The quantitative estimate of drug-likeness (QED) is 0.713. The van der Waals surface area contributed by atoms with Crippen LogP contribution in [0.2, 0.25) is 0 Å². The fraction of sp³-hybridized carbons (Fsp3) is 0.385. The van der Waals surface area contributed by atoms with Crippen molar-refractivity contribution < 1.29 is 13.2 Å². The lowest BCUT2D eigenvalue weighted by molar-refractivity contribution is -0.137. The Morgan fingerprint density at radius 1 is 1.06 bits per heavy atom. The topological polar surface area (TPSA) is 15.8 Å². The van der Waals surface area contributed by atoms with Gasteiger partial charge in [-0.15, -0.1) is 0 Å². The molecule has 0 radical (unpaired) electrons. The van der Waals surface area contributed by atoms with Gasteiger partial charge in [0.05, 0.1) is 5.56 Å². The first-order valence-corrected chi connectivity index (χ1v) is 5.76. The molecule has 1 nitrogen and oxygen atoms in total. The number of fused-ring (bicyclic) bond motifs is 3. The second kappa shape index (κ2) is 3.52. The van der Waals surface area contributed by atoms with E-state index >= 15 is 0 Å². The van der Waals surface area contributed by atoms with E-state index in [9.17, 15) is 13.2 Å². The maximum absolute atomic E-state index is 12.6. The molecule has 0 amide bonds. The molecule has 0 atom stereocenters. The Hall–Kier alpha value is -1.45. The van der Waals surface area contributed by atoms with Crippen LogP contribution in [0.4, 0.5) is 13.2 Å². The van der Waals surface area contributed by atoms with Gasteiger partial charge in [0, 0.05) is 16.6 Å². The highest BCUT2D eigenvalue weighted by molar-refractivity contribution is 5.85. The predicted octanol–water partition coefficient (Wildman–Crippen LogP) is 4.07. The summed E-state index contributed by atoms with van der Waals surface area (Å²) in [4.78, 5) is 3.13. The lowest BCUT2D eigenvalue weighted by Crippen LogP contribution is -2.04. The molecule has 0 unspecified atom stereocenters. The zero-order valence-electron chi connectivity index (χ0n) is 9.19. The number of aromatic nitrogens is 1. The van der Waals surface area contributed by atoms with E-state index in [2.05, 4.69) is 4.98 Å². The third-order valence-electron chi connectivity index (χ3n) is 3.43. The van der Waals surface area contributed by atoms with Crippen molar-refractivity contribution in [1.82, 2.24) is 4.98 Å². The molecule has 1 heterocycles. The largest absolute Gasteiger partial charge is 0.416 e. The van der Waals surface area contributed by atoms with Crippen LogP contribution in [0.25, 0.3) is 10.9 Å². The number of aromatic amines is 1. The number of hydrogen-bond acceptors (Lipinski definition) is 0. The molecule has 0 spiro atoms. The maximum Gasteiger partial charge on any atom is 0.416 e. The van der Waals surface area contributed by atoms with E-state index in [1.54, 1.807) is 6.07 Å². The minimum absolute atomic E-state index is 0.580. The Bertz CT molecular complexity index is 566. The molecule has 1 aliphatic carbocycles. The Balaban J connectivity index is 2.18. The summed E-state index contributed by atoms with van der Waals surface area (Å²) in [6.07, 6.45) is -0.0984. The smallest absolute Gasteiger partial charge is 0.358 e. The number of hydrogen-bond donors (Lipinski definition) is 1. The van der Waals surface area contributed by atoms with E-state index in [-0.39, 0.29) is 0 Å². The summed E-state index contributed by atoms with van der Waals surface area (Å²) in [7, 11) is 0. The van der Waals surface area contributed by atoms with E-state index in [1.165, 1.54) is 17.7 Å². The molecule has 3 rings (SSSR count). The van der Waals surface area contributed by atoms with Crippen LogP contribution in [0.15, 0.2) is 18.2 Å². The monoisotopic (exact) mass is 239 g/mol. The second-order valence-corrected chi connectivity index (χ2v) is 4.55. The van der Waals surface area contributed by atoms with Crippen LogP contribution < -0.4 is 0 Å². The minimum atomic E-state index is -4.26. The fourth-order valence-electron chi connectivity index (χ4n) is 2.59. The molecule has 1 N–H and O–H groups in total. The zero-order chi connectivity index (χ0) is 12.0. The van der Waals surface area contributed by atoms with Gasteiger partial charge < -0.3 is 4.98 Å². The van der Waals surface area contributed by atoms with Crippen LogP contribution in [0, 0.1) is 0 Å². The number of benzene rings is 1. The van der Waals surface area contributed by atoms with Crippen molar-refractivity contribution in [3.05, 3.63) is 35.0 Å². The summed E-state index contributed by atoms with van der Waals surface area (Å²) in [5.74, 6) is 0. The molecular weight excluding hydrogens is 227 g/mol. The SMILES string of the molecule is FC(F)(F)c1ccc2c3c([nH]c2c1)CCCC3. The maximum atomic E-state index is 12.6. The van der Waals surface area contributed by atoms with Crippen LogP contribution in [0.3, 0.4) is 0 Å². The summed E-state index contributed by atoms with van der Waals surface area (Å²) < 4.78 is 37.8. The van der Waals surface area contributed by atoms with Crippen LogP contribution in [0.1, 0.15) is 29.7 Å². The summed E-state index contributed by atoms with van der Waals surface area (Å²) in [6.45, 7) is 0. The predicted molar refractivity (Wildman–Crippen MR) is 59.9 cm³/mol. The second-order valence-electron chi connectivity index (χ2n) is 4.55. The lowest BCUT2D eigenvalue weighted by atomic mass is 9.95. The summed E-state index contributed by atoms with van der Waals surface area (Å²) in [5.41, 5.74) is 2.36. The minimum Gasteiger partial charge on any atom is -0.358 e. The van der Waals surface area contributed by atoms with E-state index in [1.807, 2.05) is 0 Å². The number of alkyl halides is 3. The van der Waals surface area contributed by atoms with Gasteiger partial charge in [0.25, 0.3) is 0 Å². The van der Waals surface area contributed by atoms with Gasteiger partial charge in [-0.1, -0.05) is 6.07 Å². The number of H-pyrrole nitrogens is 1. The van der Waals surface area contributed by atoms with Gasteiger partial charge in [-0.2, -0.15) is 13.2 Å². The normalized spacial score (nSPS) is 16.2. The van der Waals surface area contributed by atoms with Crippen LogP contribution in [-0.2, 0) is 19.0 Å². The molecule has 2 aromatic rings. The van der Waals surface area contributed by atoms with Crippen LogP contribution >= 0.6 is 0 Å². The van der Waals surface area contributed by atoms with Crippen molar-refractivity contribution in [1.29, 1.82) is 0 Å². The summed E-state index contributed by atoms with van der Waals surface area (Å²) >= 11 is 0. The molecule has 1 aromatic heterocycles. The highest BCUT2D eigenvalue weighted by Crippen LogP contribution is 2.34. The van der Waals surface area contributed by atoms with E-state index in [0.29, 0.717) is 5.52 Å². The molecule has 4 heteroatoms. The van der Waals surface area contributed by atoms with Gasteiger partial charge in [-0.3, -0.25) is 0 Å². The molecule has 0 fully saturated rings. The zero-order valence-corrected chi connectivity index (χ0v) is 9.19. The molecule has 1 aliphatic rings. The van der Waals surface area contributed by atoms with Crippen molar-refractivity contribution in [3.63, 3.8) is 0 Å². The van der Waals surface area contributed by atoms with Crippen molar-refractivity contribution >= 4 is 10.9 Å². The van der Waals surface area contributed by atoms with Gasteiger partial charge >= 0.3 is 6.18 Å². The first-order chi connectivity index (χ1) is 8.05. The Labute approximate surface area is 96.6 Å². The van der Waals surface area contributed by atoms with Crippen molar-refractivity contribution in [2.45, 2.75) is 31.9 Å². The van der Waals surface area contributed by atoms with Crippen molar-refractivity contribution in [2.75, 3.05) is 0 Å². The average molecular weight is 239 g/mol. The number of rotatable bonds is 0. The number of nitrogens with one attached hydrogen (secondary N) is 1. The van der Waals surface area contributed by atoms with Crippen molar-refractivity contribution in [2.24, 2.45) is 0 Å². The molecular formula is C13H12F3N. The molecule has 90 valence electrons. The number of aryl methyl sites for hydroxylation is 2. The molecule has 1 aromatic carbocycles. The van der Waals surface area contributed by atoms with Gasteiger partial charge in [-0.05, 0) is 43.4 Å². The standard InChI is InChI=1S/C13H12F3N/c14-13(15,16)8-5-6-10-9-3-1-2-4-11(9)17-12(10)7-8/h5-7,17H,1-4H2. The van der Waals surface area contributed by atoms with E-state index < -0.39 is 11.7 Å². The van der Waals surface area contributed by atoms with Crippen molar-refractivity contribution in [3.8, 4) is 0 Å². The third-order valence-corrected chi connectivity index (χ3v) is 3.43. The van der Waals surface area contributed by atoms with Gasteiger partial charge in [0.1, 0.15) is 0 Å². The van der Waals surface area contributed by atoms with Crippen LogP contribution in [-0.4, -0.2) is 4.98 Å². The molecule has 0 saturated carbocycles. The Morgan fingerprint density at radius 3 is 2.59 bits per heavy atom. The summed E-state index contributed by atoms with van der Waals surface area (Å²) in [6, 6.07) is 3.98. The molecule has 0 saturated heterocycles. The first kappa shape index (κ1) is 10.7. The summed E-state index contributed by atoms with van der Waals surface area (Å²) in [5, 5.41) is 0.952. The van der Waals surface area contributed by atoms with E-state index in [0.717, 1.165) is 36.8 Å². The van der Waals surface area contributed by atoms with E-state index in [4.69, 9.17) is 0 Å². The highest BCUT2D eigenvalue weighted by atomic mass is 19.4. The lowest BCUT2D eigenvalue weighted by Gasteiger charge is -2.10. The Morgan fingerprint density at radius 2 is 1.82 bits per heavy atom. The highest BCUT2D eigenvalue weighted by Gasteiger charge is 2.31. The van der Waals surface area contributed by atoms with Crippen LogP contribution in [0.5, 0.6) is 0 Å². The third kappa shape index (κ3) is 1.72. The fourth-order valence-corrected chi connectivity index (χ4v) is 2.59.